The zero-order valence-electron chi connectivity index (χ0n) is 13.6. The van der Waals surface area contributed by atoms with E-state index in [0.717, 1.165) is 24.8 Å². The third-order valence-corrected chi connectivity index (χ3v) is 5.12. The minimum atomic E-state index is -0.855. The average Bonchev–Trinajstić information content (AvgIpc) is 2.90. The first kappa shape index (κ1) is 16.5. The molecule has 0 bridgehead atoms. The number of benzene rings is 1. The van der Waals surface area contributed by atoms with Gasteiger partial charge >= 0.3 is 5.97 Å². The Morgan fingerprint density at radius 2 is 1.88 bits per heavy atom. The highest BCUT2D eigenvalue weighted by Crippen LogP contribution is 2.36. The SMILES string of the molecule is O=C(CN1Cc2ccccc2C1=O)NCC1(C(=O)O)CCCCC1. The first-order chi connectivity index (χ1) is 11.5. The van der Waals surface area contributed by atoms with Gasteiger partial charge in [0.15, 0.2) is 0 Å². The summed E-state index contributed by atoms with van der Waals surface area (Å²) in [6.45, 7) is 0.520. The number of aliphatic carboxylic acids is 1. The summed E-state index contributed by atoms with van der Waals surface area (Å²) < 4.78 is 0. The normalized spacial score (nSPS) is 19.0. The standard InChI is InChI=1S/C18H22N2O4/c21-15(19-12-18(17(23)24)8-4-1-5-9-18)11-20-10-13-6-2-3-7-14(13)16(20)22/h2-3,6-7H,1,4-5,8-12H2,(H,19,21)(H,23,24). The van der Waals surface area contributed by atoms with Crippen LogP contribution in [0.2, 0.25) is 0 Å². The third kappa shape index (κ3) is 3.13. The summed E-state index contributed by atoms with van der Waals surface area (Å²) in [5.41, 5.74) is 0.704. The maximum absolute atomic E-state index is 12.3. The minimum Gasteiger partial charge on any atom is -0.481 e. The van der Waals surface area contributed by atoms with Gasteiger partial charge in [-0.1, -0.05) is 37.5 Å². The lowest BCUT2D eigenvalue weighted by Crippen LogP contribution is -2.46. The maximum Gasteiger partial charge on any atom is 0.311 e. The number of fused-ring (bicyclic) bond motifs is 1. The second kappa shape index (κ2) is 6.63. The van der Waals surface area contributed by atoms with E-state index in [2.05, 4.69) is 5.32 Å². The molecule has 6 nitrogen and oxygen atoms in total. The number of nitrogens with one attached hydrogen (secondary N) is 1. The number of rotatable bonds is 5. The number of carbonyl (C=O) groups is 3. The van der Waals surface area contributed by atoms with Crippen LogP contribution in [0.1, 0.15) is 48.0 Å². The fourth-order valence-electron chi connectivity index (χ4n) is 3.63. The van der Waals surface area contributed by atoms with E-state index in [-0.39, 0.29) is 24.9 Å². The Hall–Kier alpha value is -2.37. The molecule has 1 saturated carbocycles. The number of carboxylic acids is 1. The summed E-state index contributed by atoms with van der Waals surface area (Å²) in [5.74, 6) is -1.29. The first-order valence-electron chi connectivity index (χ1n) is 8.39. The van der Waals surface area contributed by atoms with Crippen molar-refractivity contribution in [2.24, 2.45) is 5.41 Å². The number of hydrogen-bond donors (Lipinski definition) is 2. The third-order valence-electron chi connectivity index (χ3n) is 5.12. The molecule has 1 aliphatic carbocycles. The zero-order valence-corrected chi connectivity index (χ0v) is 13.6. The largest absolute Gasteiger partial charge is 0.481 e. The molecular weight excluding hydrogens is 308 g/mol. The fourth-order valence-corrected chi connectivity index (χ4v) is 3.63. The number of nitrogens with zero attached hydrogens (tertiary/aromatic N) is 1. The van der Waals surface area contributed by atoms with Crippen molar-refractivity contribution in [3.05, 3.63) is 35.4 Å². The smallest absolute Gasteiger partial charge is 0.311 e. The summed E-state index contributed by atoms with van der Waals surface area (Å²) in [6, 6.07) is 7.32. The van der Waals surface area contributed by atoms with Crippen LogP contribution in [-0.4, -0.2) is 40.9 Å². The molecule has 0 atom stereocenters. The molecule has 0 spiro atoms. The number of carboxylic acid groups (broad SMARTS) is 1. The molecule has 1 fully saturated rings. The predicted octanol–water partition coefficient (Wildman–Crippen LogP) is 1.79. The fraction of sp³-hybridized carbons (Fsp3) is 0.500. The van der Waals surface area contributed by atoms with Crippen molar-refractivity contribution in [2.75, 3.05) is 13.1 Å². The van der Waals surface area contributed by atoms with Gasteiger partial charge in [0.1, 0.15) is 6.54 Å². The van der Waals surface area contributed by atoms with Crippen LogP contribution in [0.25, 0.3) is 0 Å². The molecule has 2 N–H and O–H groups in total. The van der Waals surface area contributed by atoms with Crippen LogP contribution in [0.4, 0.5) is 0 Å². The molecule has 2 amide bonds. The molecule has 0 unspecified atom stereocenters. The molecule has 0 aromatic heterocycles. The highest BCUT2D eigenvalue weighted by atomic mass is 16.4. The average molecular weight is 330 g/mol. The topological polar surface area (TPSA) is 86.7 Å². The van der Waals surface area contributed by atoms with Crippen molar-refractivity contribution in [1.82, 2.24) is 10.2 Å². The van der Waals surface area contributed by atoms with E-state index in [9.17, 15) is 19.5 Å². The van der Waals surface area contributed by atoms with Crippen molar-refractivity contribution in [1.29, 1.82) is 0 Å². The van der Waals surface area contributed by atoms with Crippen LogP contribution in [0.5, 0.6) is 0 Å². The van der Waals surface area contributed by atoms with Gasteiger partial charge in [0, 0.05) is 18.7 Å². The van der Waals surface area contributed by atoms with Gasteiger partial charge in [0.2, 0.25) is 5.91 Å². The van der Waals surface area contributed by atoms with E-state index < -0.39 is 11.4 Å². The van der Waals surface area contributed by atoms with Gasteiger partial charge in [0.25, 0.3) is 5.91 Å². The molecule has 1 aromatic rings. The lowest BCUT2D eigenvalue weighted by Gasteiger charge is -2.33. The molecule has 1 aliphatic heterocycles. The van der Waals surface area contributed by atoms with Gasteiger partial charge in [-0.25, -0.2) is 0 Å². The number of hydrogen-bond acceptors (Lipinski definition) is 3. The van der Waals surface area contributed by atoms with Crippen LogP contribution in [0.3, 0.4) is 0 Å². The molecule has 6 heteroatoms. The lowest BCUT2D eigenvalue weighted by atomic mass is 9.74. The summed E-state index contributed by atoms with van der Waals surface area (Å²) in [5, 5.41) is 12.3. The van der Waals surface area contributed by atoms with Crippen molar-refractivity contribution in [2.45, 2.75) is 38.6 Å². The van der Waals surface area contributed by atoms with Gasteiger partial charge in [-0.15, -0.1) is 0 Å². The Morgan fingerprint density at radius 3 is 2.54 bits per heavy atom. The minimum absolute atomic E-state index is 0.0385. The summed E-state index contributed by atoms with van der Waals surface area (Å²) in [4.78, 5) is 37.6. The number of carbonyl (C=O) groups excluding carboxylic acids is 2. The van der Waals surface area contributed by atoms with Gasteiger partial charge in [-0.2, -0.15) is 0 Å². The Morgan fingerprint density at radius 1 is 1.17 bits per heavy atom. The zero-order chi connectivity index (χ0) is 17.2. The molecule has 24 heavy (non-hydrogen) atoms. The van der Waals surface area contributed by atoms with Crippen LogP contribution in [0, 0.1) is 5.41 Å². The molecule has 2 aliphatic rings. The maximum atomic E-state index is 12.3. The summed E-state index contributed by atoms with van der Waals surface area (Å²) in [7, 11) is 0. The number of amides is 2. The Labute approximate surface area is 140 Å². The molecule has 1 aromatic carbocycles. The van der Waals surface area contributed by atoms with Crippen LogP contribution in [0.15, 0.2) is 24.3 Å². The summed E-state index contributed by atoms with van der Waals surface area (Å²) in [6.07, 6.45) is 3.99. The highest BCUT2D eigenvalue weighted by molar-refractivity contribution is 6.00. The Balaban J connectivity index is 1.57. The van der Waals surface area contributed by atoms with Gasteiger partial charge in [0.05, 0.1) is 5.41 Å². The molecule has 128 valence electrons. The van der Waals surface area contributed by atoms with E-state index in [1.807, 2.05) is 12.1 Å². The monoisotopic (exact) mass is 330 g/mol. The molecule has 3 rings (SSSR count). The van der Waals surface area contributed by atoms with Crippen molar-refractivity contribution >= 4 is 17.8 Å². The molecule has 1 heterocycles. The van der Waals surface area contributed by atoms with Gasteiger partial charge in [-0.3, -0.25) is 14.4 Å². The molecule has 0 saturated heterocycles. The van der Waals surface area contributed by atoms with Crippen LogP contribution >= 0.6 is 0 Å². The van der Waals surface area contributed by atoms with Crippen molar-refractivity contribution < 1.29 is 19.5 Å². The van der Waals surface area contributed by atoms with Crippen LogP contribution in [-0.2, 0) is 16.1 Å². The first-order valence-corrected chi connectivity index (χ1v) is 8.39. The van der Waals surface area contributed by atoms with E-state index in [4.69, 9.17) is 0 Å². The van der Waals surface area contributed by atoms with Crippen molar-refractivity contribution in [3.63, 3.8) is 0 Å². The van der Waals surface area contributed by atoms with E-state index in [1.165, 1.54) is 4.90 Å². The van der Waals surface area contributed by atoms with E-state index >= 15 is 0 Å². The highest BCUT2D eigenvalue weighted by Gasteiger charge is 2.40. The van der Waals surface area contributed by atoms with Gasteiger partial charge in [-0.05, 0) is 24.5 Å². The lowest BCUT2D eigenvalue weighted by molar-refractivity contribution is -0.151. The summed E-state index contributed by atoms with van der Waals surface area (Å²) >= 11 is 0. The van der Waals surface area contributed by atoms with Crippen molar-refractivity contribution in [3.8, 4) is 0 Å². The quantitative estimate of drug-likeness (QED) is 0.862. The Kier molecular flexibility index (Phi) is 4.55. The van der Waals surface area contributed by atoms with Crippen LogP contribution < -0.4 is 5.32 Å². The van der Waals surface area contributed by atoms with E-state index in [1.54, 1.807) is 12.1 Å². The second-order valence-corrected chi connectivity index (χ2v) is 6.74. The van der Waals surface area contributed by atoms with E-state index in [0.29, 0.717) is 24.9 Å². The Bertz CT molecular complexity index is 665. The van der Waals surface area contributed by atoms with Gasteiger partial charge < -0.3 is 15.3 Å². The second-order valence-electron chi connectivity index (χ2n) is 6.74. The predicted molar refractivity (Wildman–Crippen MR) is 87.3 cm³/mol. The molecular formula is C18H22N2O4. The molecule has 0 radical (unpaired) electrons.